The number of aryl methyl sites for hydroxylation is 1. The summed E-state index contributed by atoms with van der Waals surface area (Å²) < 4.78 is 22.6. The lowest BCUT2D eigenvalue weighted by molar-refractivity contribution is 0.597. The summed E-state index contributed by atoms with van der Waals surface area (Å²) in [6, 6.07) is 6.44. The Hall–Kier alpha value is -1.51. The summed E-state index contributed by atoms with van der Waals surface area (Å²) in [5.41, 5.74) is 0.819. The lowest BCUT2D eigenvalue weighted by atomic mass is 10.1. The van der Waals surface area contributed by atoms with Gasteiger partial charge < -0.3 is 5.32 Å². The van der Waals surface area contributed by atoms with Crippen LogP contribution in [0.3, 0.4) is 0 Å². The monoisotopic (exact) mass is 298 g/mol. The third-order valence-corrected chi connectivity index (χ3v) is 4.23. The molecule has 8 heteroatoms. The molecule has 3 N–H and O–H groups in total. The first kappa shape index (κ1) is 13.9. The van der Waals surface area contributed by atoms with Gasteiger partial charge in [0.25, 0.3) is 0 Å². The minimum Gasteiger partial charge on any atom is -0.354 e. The number of nitrogens with two attached hydrogens (primary N) is 1. The van der Waals surface area contributed by atoms with Crippen molar-refractivity contribution in [2.24, 2.45) is 5.14 Å². The van der Waals surface area contributed by atoms with E-state index in [9.17, 15) is 8.42 Å². The fraction of sp³-hybridized carbons (Fsp3) is 0.273. The molecule has 0 bridgehead atoms. The number of rotatable bonds is 4. The van der Waals surface area contributed by atoms with Crippen LogP contribution in [0.25, 0.3) is 0 Å². The summed E-state index contributed by atoms with van der Waals surface area (Å²) in [7, 11) is -3.68. The van der Waals surface area contributed by atoms with Crippen molar-refractivity contribution in [1.29, 1.82) is 0 Å². The van der Waals surface area contributed by atoms with Gasteiger partial charge in [0, 0.05) is 0 Å². The number of nitrogens with zero attached hydrogens (tertiary/aromatic N) is 2. The molecule has 0 saturated carbocycles. The highest BCUT2D eigenvalue weighted by atomic mass is 32.2. The van der Waals surface area contributed by atoms with Crippen molar-refractivity contribution in [3.8, 4) is 0 Å². The molecule has 6 nitrogen and oxygen atoms in total. The number of anilines is 1. The van der Waals surface area contributed by atoms with Gasteiger partial charge in [0.1, 0.15) is 5.01 Å². The number of nitrogens with one attached hydrogen (secondary N) is 1. The highest BCUT2D eigenvalue weighted by Gasteiger charge is 2.12. The van der Waals surface area contributed by atoms with E-state index >= 15 is 0 Å². The van der Waals surface area contributed by atoms with Crippen LogP contribution in [0.5, 0.6) is 0 Å². The lowest BCUT2D eigenvalue weighted by Crippen LogP contribution is -2.13. The van der Waals surface area contributed by atoms with Crippen molar-refractivity contribution in [1.82, 2.24) is 10.2 Å². The summed E-state index contributed by atoms with van der Waals surface area (Å²) in [6.07, 6.45) is 0. The van der Waals surface area contributed by atoms with Gasteiger partial charge in [0.2, 0.25) is 15.2 Å². The number of sulfonamides is 1. The first-order valence-corrected chi connectivity index (χ1v) is 7.92. The molecule has 0 aliphatic rings. The molecule has 0 aliphatic carbocycles. The Morgan fingerprint density at radius 1 is 1.37 bits per heavy atom. The van der Waals surface area contributed by atoms with Crippen molar-refractivity contribution in [2.75, 3.05) is 5.32 Å². The molecule has 2 rings (SSSR count). The molecule has 0 saturated heterocycles. The Balaban J connectivity index is 2.22. The molecule has 1 heterocycles. The molecule has 2 aromatic rings. The molecule has 0 aliphatic heterocycles. The summed E-state index contributed by atoms with van der Waals surface area (Å²) in [5, 5.41) is 17.7. The Kier molecular flexibility index (Phi) is 3.83. The summed E-state index contributed by atoms with van der Waals surface area (Å²) in [5.74, 6) is 0. The molecule has 1 aromatic heterocycles. The van der Waals surface area contributed by atoms with Gasteiger partial charge in [-0.1, -0.05) is 23.5 Å². The second-order valence-corrected chi connectivity index (χ2v) is 6.85. The van der Waals surface area contributed by atoms with Crippen molar-refractivity contribution >= 4 is 26.5 Å². The number of benzene rings is 1. The zero-order valence-electron chi connectivity index (χ0n) is 10.5. The maximum Gasteiger partial charge on any atom is 0.238 e. The third-order valence-electron chi connectivity index (χ3n) is 2.55. The van der Waals surface area contributed by atoms with E-state index in [4.69, 9.17) is 5.14 Å². The third kappa shape index (κ3) is 3.49. The van der Waals surface area contributed by atoms with Crippen LogP contribution in [-0.2, 0) is 10.0 Å². The van der Waals surface area contributed by atoms with E-state index in [0.717, 1.165) is 10.6 Å². The molecule has 0 fully saturated rings. The molecule has 1 aromatic carbocycles. The van der Waals surface area contributed by atoms with Gasteiger partial charge in [-0.25, -0.2) is 13.6 Å². The number of primary sulfonamides is 1. The molecule has 102 valence electrons. The average molecular weight is 298 g/mol. The van der Waals surface area contributed by atoms with Crippen LogP contribution in [0, 0.1) is 6.92 Å². The Bertz CT molecular complexity index is 682. The van der Waals surface area contributed by atoms with E-state index in [2.05, 4.69) is 15.5 Å². The minimum atomic E-state index is -3.68. The zero-order chi connectivity index (χ0) is 14.0. The number of hydrogen-bond donors (Lipinski definition) is 2. The normalized spacial score (nSPS) is 13.2. The van der Waals surface area contributed by atoms with Crippen molar-refractivity contribution in [2.45, 2.75) is 24.8 Å². The van der Waals surface area contributed by atoms with Crippen LogP contribution in [0.4, 0.5) is 5.13 Å². The predicted molar refractivity (Wildman–Crippen MR) is 74.5 cm³/mol. The SMILES string of the molecule is Cc1nnc(NC(C)c2cccc(S(N)(=O)=O)c2)s1. The van der Waals surface area contributed by atoms with Crippen LogP contribution in [0.1, 0.15) is 23.5 Å². The summed E-state index contributed by atoms with van der Waals surface area (Å²) >= 11 is 1.44. The molecular weight excluding hydrogens is 284 g/mol. The number of hydrogen-bond acceptors (Lipinski definition) is 6. The average Bonchev–Trinajstić information content (AvgIpc) is 2.74. The van der Waals surface area contributed by atoms with E-state index in [1.54, 1.807) is 12.1 Å². The molecule has 0 amide bonds. The minimum absolute atomic E-state index is 0.0888. The lowest BCUT2D eigenvalue weighted by Gasteiger charge is -2.13. The van der Waals surface area contributed by atoms with Gasteiger partial charge >= 0.3 is 0 Å². The van der Waals surface area contributed by atoms with Gasteiger partial charge in [-0.3, -0.25) is 0 Å². The largest absolute Gasteiger partial charge is 0.354 e. The van der Waals surface area contributed by atoms with Crippen LogP contribution >= 0.6 is 11.3 Å². The second kappa shape index (κ2) is 5.24. The molecule has 0 radical (unpaired) electrons. The molecule has 0 spiro atoms. The van der Waals surface area contributed by atoms with E-state index in [1.165, 1.54) is 17.4 Å². The van der Waals surface area contributed by atoms with E-state index in [0.29, 0.717) is 5.13 Å². The Labute approximate surface area is 115 Å². The maximum atomic E-state index is 11.3. The van der Waals surface area contributed by atoms with E-state index in [1.807, 2.05) is 19.9 Å². The van der Waals surface area contributed by atoms with Gasteiger partial charge in [-0.05, 0) is 31.5 Å². The standard InChI is InChI=1S/C11H14N4O2S2/c1-7(13-11-15-14-8(2)18-11)9-4-3-5-10(6-9)19(12,16)17/h3-7H,1-2H3,(H,13,15)(H2,12,16,17). The quantitative estimate of drug-likeness (QED) is 0.894. The molecule has 1 atom stereocenters. The second-order valence-electron chi connectivity index (χ2n) is 4.11. The van der Waals surface area contributed by atoms with Gasteiger partial charge in [-0.2, -0.15) is 0 Å². The molecule has 19 heavy (non-hydrogen) atoms. The highest BCUT2D eigenvalue weighted by Crippen LogP contribution is 2.23. The first-order chi connectivity index (χ1) is 8.86. The Morgan fingerprint density at radius 2 is 2.11 bits per heavy atom. The highest BCUT2D eigenvalue weighted by molar-refractivity contribution is 7.89. The van der Waals surface area contributed by atoms with Crippen molar-refractivity contribution < 1.29 is 8.42 Å². The van der Waals surface area contributed by atoms with Crippen LogP contribution in [0.2, 0.25) is 0 Å². The topological polar surface area (TPSA) is 98.0 Å². The summed E-state index contributed by atoms with van der Waals surface area (Å²) in [6.45, 7) is 3.79. The van der Waals surface area contributed by atoms with Gasteiger partial charge in [0.05, 0.1) is 10.9 Å². The summed E-state index contributed by atoms with van der Waals surface area (Å²) in [4.78, 5) is 0.104. The van der Waals surface area contributed by atoms with Gasteiger partial charge in [0.15, 0.2) is 0 Å². The molecular formula is C11H14N4O2S2. The Morgan fingerprint density at radius 3 is 2.68 bits per heavy atom. The molecule has 1 unspecified atom stereocenters. The van der Waals surface area contributed by atoms with Crippen LogP contribution in [0.15, 0.2) is 29.2 Å². The van der Waals surface area contributed by atoms with Crippen LogP contribution in [-0.4, -0.2) is 18.6 Å². The van der Waals surface area contributed by atoms with Gasteiger partial charge in [-0.15, -0.1) is 10.2 Å². The predicted octanol–water partition coefficient (Wildman–Crippen LogP) is 1.67. The smallest absolute Gasteiger partial charge is 0.238 e. The maximum absolute atomic E-state index is 11.3. The van der Waals surface area contributed by atoms with Crippen molar-refractivity contribution in [3.05, 3.63) is 34.8 Å². The van der Waals surface area contributed by atoms with Crippen molar-refractivity contribution in [3.63, 3.8) is 0 Å². The fourth-order valence-electron chi connectivity index (χ4n) is 1.58. The zero-order valence-corrected chi connectivity index (χ0v) is 12.1. The van der Waals surface area contributed by atoms with E-state index < -0.39 is 10.0 Å². The number of aromatic nitrogens is 2. The first-order valence-electron chi connectivity index (χ1n) is 5.55. The fourth-order valence-corrected chi connectivity index (χ4v) is 2.83. The van der Waals surface area contributed by atoms with Crippen LogP contribution < -0.4 is 10.5 Å². The van der Waals surface area contributed by atoms with E-state index in [-0.39, 0.29) is 10.9 Å².